The van der Waals surface area contributed by atoms with Gasteiger partial charge in [-0.2, -0.15) is 9.67 Å². The number of nitrogen functional groups attached to an aromatic ring is 2. The van der Waals surface area contributed by atoms with Gasteiger partial charge < -0.3 is 35.5 Å². The average molecular weight is 697 g/mol. The highest BCUT2D eigenvalue weighted by Crippen LogP contribution is 2.59. The van der Waals surface area contributed by atoms with Crippen LogP contribution in [-0.2, 0) is 34.9 Å². The minimum atomic E-state index is -4.30. The third-order valence-electron chi connectivity index (χ3n) is 7.00. The van der Waals surface area contributed by atoms with Gasteiger partial charge in [-0.15, -0.1) is 9.62 Å². The topological polar surface area (TPSA) is 267 Å². The Morgan fingerprint density at radius 2 is 1.91 bits per heavy atom. The minimum Gasteiger partial charge on any atom is -0.394 e. The number of thiol groups is 1. The number of fused-ring (bicyclic) bond motifs is 2. The highest BCUT2D eigenvalue weighted by Gasteiger charge is 2.56. The van der Waals surface area contributed by atoms with Crippen LogP contribution in [0.15, 0.2) is 17.4 Å². The summed E-state index contributed by atoms with van der Waals surface area (Å²) < 4.78 is 67.6. The molecule has 2 aliphatic heterocycles. The number of aromatic amines is 1. The second-order valence-corrected chi connectivity index (χ2v) is 14.8. The van der Waals surface area contributed by atoms with Crippen molar-refractivity contribution in [3.8, 4) is 0 Å². The number of imidazole rings is 1. The fraction of sp³-hybridized carbons (Fsp3) is 0.526. The summed E-state index contributed by atoms with van der Waals surface area (Å²) in [6.45, 7) is -5.78. The van der Waals surface area contributed by atoms with Crippen LogP contribution in [-0.4, -0.2) is 104 Å². The number of nitrogens with two attached hydrogens (primary N) is 2. The van der Waals surface area contributed by atoms with Crippen LogP contribution in [0.3, 0.4) is 0 Å². The molecule has 4 aromatic heterocycles. The number of aliphatic hydroxyl groups excluding tert-OH is 1. The summed E-state index contributed by atoms with van der Waals surface area (Å²) in [5.41, 5.74) is 8.92. The van der Waals surface area contributed by atoms with Gasteiger partial charge in [-0.25, -0.2) is 23.7 Å². The molecule has 6 heterocycles. The van der Waals surface area contributed by atoms with Gasteiger partial charge >= 0.3 is 7.23 Å². The van der Waals surface area contributed by atoms with Crippen LogP contribution in [0.4, 0.5) is 20.5 Å². The molecule has 4 aromatic rings. The van der Waals surface area contributed by atoms with E-state index in [1.54, 1.807) is 0 Å². The van der Waals surface area contributed by atoms with Gasteiger partial charge in [0.05, 0.1) is 19.5 Å². The summed E-state index contributed by atoms with van der Waals surface area (Å²) in [7, 11) is -2.66. The predicted molar refractivity (Wildman–Crippen MR) is 152 cm³/mol. The number of aromatic nitrogens is 9. The SMILES string of the molecule is Nc1nc2c(ncn2[C@@H]2O[C@H](CO)[C@H](F)[C@H]2P(O)(=S)OC[C@H]2O[C@@H](n3nnc4c(N)ncnc43)[C@@H](F)[C@@H]2O[P+](=O)S)c(=O)[nH]1. The number of hydrogen-bond donors (Lipinski definition) is 6. The molecule has 2 unspecified atom stereocenters. The Bertz CT molecular complexity index is 1850. The van der Waals surface area contributed by atoms with Crippen molar-refractivity contribution in [2.45, 2.75) is 48.8 Å². The fourth-order valence-corrected chi connectivity index (χ4v) is 8.28. The number of H-pyrrole nitrogens is 1. The Morgan fingerprint density at radius 3 is 2.64 bits per heavy atom. The highest BCUT2D eigenvalue weighted by atomic mass is 32.7. The Morgan fingerprint density at radius 1 is 1.16 bits per heavy atom. The van der Waals surface area contributed by atoms with Crippen LogP contribution in [0, 0.1) is 0 Å². The maximum Gasteiger partial charge on any atom is 0.582 e. The first kappa shape index (κ1) is 31.1. The number of ether oxygens (including phenoxy) is 2. The van der Waals surface area contributed by atoms with Crippen LogP contribution in [0.25, 0.3) is 22.3 Å². The molecule has 19 nitrogen and oxygen atoms in total. The summed E-state index contributed by atoms with van der Waals surface area (Å²) in [4.78, 5) is 41.7. The van der Waals surface area contributed by atoms with Crippen molar-refractivity contribution in [3.63, 3.8) is 0 Å². The first-order valence-electron chi connectivity index (χ1n) is 12.4. The molecule has 2 aliphatic rings. The number of anilines is 2. The normalized spacial score (nSPS) is 30.7. The summed E-state index contributed by atoms with van der Waals surface area (Å²) >= 11 is 9.06. The fourth-order valence-electron chi connectivity index (χ4n) is 5.03. The van der Waals surface area contributed by atoms with Gasteiger partial charge in [0.15, 0.2) is 59.4 Å². The minimum absolute atomic E-state index is 0.0230. The number of rotatable bonds is 9. The zero-order valence-corrected chi connectivity index (χ0v) is 25.3. The highest BCUT2D eigenvalue weighted by molar-refractivity contribution is 8.39. The van der Waals surface area contributed by atoms with Gasteiger partial charge in [0.1, 0.15) is 42.6 Å². The molecule has 236 valence electrons. The molecule has 0 bridgehead atoms. The lowest BCUT2D eigenvalue weighted by atomic mass is 10.1. The number of alkyl halides is 2. The van der Waals surface area contributed by atoms with Crippen molar-refractivity contribution in [3.05, 3.63) is 23.0 Å². The van der Waals surface area contributed by atoms with Crippen molar-refractivity contribution >= 4 is 71.9 Å². The van der Waals surface area contributed by atoms with E-state index in [0.717, 1.165) is 21.9 Å². The third kappa shape index (κ3) is 5.36. The van der Waals surface area contributed by atoms with Gasteiger partial charge in [0.2, 0.25) is 5.95 Å². The molecule has 2 fully saturated rings. The second-order valence-electron chi connectivity index (χ2n) is 9.60. The molecule has 0 amide bonds. The van der Waals surface area contributed by atoms with Gasteiger partial charge in [-0.1, -0.05) is 5.21 Å². The first-order valence-corrected chi connectivity index (χ1v) is 17.5. The Labute approximate surface area is 254 Å². The number of aliphatic hydroxyl groups is 1. The number of hydrogen-bond acceptors (Lipinski definition) is 16. The molecule has 7 N–H and O–H groups in total. The maximum atomic E-state index is 15.7. The standard InChI is InChI=1S/C19H21F2N11O8P2S2/c20-7-5(1-33)38-18(31-4-26-10-15(31)27-19(23)28-16(10)34)12(7)42(36,44)37-2-6-11(40-41(35)43)8(21)17(39-6)32-14-9(29-30-32)13(22)24-3-25-14/h3-8,11-12,17-18,33H,1-2H2,(H6-,22,23,24,25,27,28,30,34,35,36,43,44)/p+1/t5-,6-,7+,8+,11-,12-,17-,18-,42?/m1/s1. The monoisotopic (exact) mass is 696 g/mol. The van der Waals surface area contributed by atoms with Gasteiger partial charge in [0, 0.05) is 0 Å². The van der Waals surface area contributed by atoms with E-state index in [4.69, 9.17) is 41.8 Å². The van der Waals surface area contributed by atoms with Gasteiger partial charge in [-0.3, -0.25) is 14.3 Å². The van der Waals surface area contributed by atoms with E-state index in [-0.39, 0.29) is 34.1 Å². The van der Waals surface area contributed by atoms with E-state index in [0.29, 0.717) is 0 Å². The number of halogens is 2. The van der Waals surface area contributed by atoms with Crippen molar-refractivity contribution < 1.29 is 41.9 Å². The van der Waals surface area contributed by atoms with E-state index in [1.807, 2.05) is 0 Å². The number of nitrogens with one attached hydrogen (secondary N) is 1. The molecule has 0 aliphatic carbocycles. The lowest BCUT2D eigenvalue weighted by Gasteiger charge is -2.29. The largest absolute Gasteiger partial charge is 0.582 e. The first-order chi connectivity index (χ1) is 20.9. The van der Waals surface area contributed by atoms with E-state index in [9.17, 15) is 19.4 Å². The van der Waals surface area contributed by atoms with E-state index >= 15 is 8.78 Å². The molecule has 10 atom stereocenters. The lowest BCUT2D eigenvalue weighted by molar-refractivity contribution is -0.0453. The van der Waals surface area contributed by atoms with Gasteiger partial charge in [0.25, 0.3) is 5.56 Å². The van der Waals surface area contributed by atoms with Crippen LogP contribution in [0.2, 0.25) is 0 Å². The molecule has 6 rings (SSSR count). The zero-order valence-electron chi connectivity index (χ0n) is 21.8. The summed E-state index contributed by atoms with van der Waals surface area (Å²) in [6, 6.07) is 0. The zero-order chi connectivity index (χ0) is 31.5. The molecule has 0 spiro atoms. The van der Waals surface area contributed by atoms with Crippen molar-refractivity contribution in [1.29, 1.82) is 0 Å². The molecular weight excluding hydrogens is 674 g/mol. The van der Waals surface area contributed by atoms with Crippen molar-refractivity contribution in [2.75, 3.05) is 24.7 Å². The molecule has 25 heteroatoms. The molecule has 2 saturated heterocycles. The van der Waals surface area contributed by atoms with Crippen LogP contribution in [0.1, 0.15) is 12.5 Å². The predicted octanol–water partition coefficient (Wildman–Crippen LogP) is -0.358. The molecule has 0 radical (unpaired) electrons. The Kier molecular flexibility index (Phi) is 8.37. The van der Waals surface area contributed by atoms with Crippen LogP contribution >= 0.6 is 26.0 Å². The molecule has 0 aromatic carbocycles. The third-order valence-corrected chi connectivity index (χ3v) is 10.6. The molecule has 44 heavy (non-hydrogen) atoms. The Balaban J connectivity index is 1.29. The van der Waals surface area contributed by atoms with E-state index in [1.165, 1.54) is 0 Å². The summed E-state index contributed by atoms with van der Waals surface area (Å²) in [5, 5.41) is 17.4. The number of nitrogens with zero attached hydrogens (tertiary/aromatic N) is 8. The second kappa shape index (κ2) is 11.8. The van der Waals surface area contributed by atoms with Crippen LogP contribution in [0.5, 0.6) is 0 Å². The maximum absolute atomic E-state index is 15.7. The van der Waals surface area contributed by atoms with E-state index in [2.05, 4.69) is 47.5 Å². The Hall–Kier alpha value is -2.85. The molecular formula is C19H22F2N11O8P2S2+. The smallest absolute Gasteiger partial charge is 0.394 e. The van der Waals surface area contributed by atoms with Crippen LogP contribution < -0.4 is 17.0 Å². The van der Waals surface area contributed by atoms with Crippen molar-refractivity contribution in [2.24, 2.45) is 0 Å². The molecule has 0 saturated carbocycles. The average Bonchev–Trinajstić information content (AvgIpc) is 3.72. The summed E-state index contributed by atoms with van der Waals surface area (Å²) in [6.07, 6.45) is -9.36. The van der Waals surface area contributed by atoms with Gasteiger partial charge in [-0.05, 0) is 16.4 Å². The lowest BCUT2D eigenvalue weighted by Crippen LogP contribution is -2.34. The van der Waals surface area contributed by atoms with E-state index < -0.39 is 81.3 Å². The summed E-state index contributed by atoms with van der Waals surface area (Å²) in [5.74, 6) is -0.296. The quantitative estimate of drug-likeness (QED) is 0.0963. The van der Waals surface area contributed by atoms with Crippen molar-refractivity contribution in [1.82, 2.24) is 44.5 Å².